The zero-order valence-electron chi connectivity index (χ0n) is 13.3. The molecular formula is C17H20N2O3S. The van der Waals surface area contributed by atoms with Crippen molar-refractivity contribution in [3.8, 4) is 0 Å². The SMILES string of the molecule is Cc1ccc(NC(=O)N[C@@H](C)c2ccc(S(C)(=O)=O)cc2)cc1. The van der Waals surface area contributed by atoms with Gasteiger partial charge in [0.05, 0.1) is 10.9 Å². The molecule has 0 unspecified atom stereocenters. The Hall–Kier alpha value is -2.34. The standard InChI is InChI=1S/C17H20N2O3S/c1-12-4-8-15(9-5-12)19-17(20)18-13(2)14-6-10-16(11-7-14)23(3,21)22/h4-11,13H,1-3H3,(H2,18,19,20)/t13-/m0/s1. The Labute approximate surface area is 136 Å². The Morgan fingerprint density at radius 3 is 2.09 bits per heavy atom. The first-order valence-electron chi connectivity index (χ1n) is 7.20. The highest BCUT2D eigenvalue weighted by Crippen LogP contribution is 2.16. The molecule has 0 aliphatic heterocycles. The molecule has 0 saturated heterocycles. The fraction of sp³-hybridized carbons (Fsp3) is 0.235. The Balaban J connectivity index is 1.99. The van der Waals surface area contributed by atoms with Gasteiger partial charge >= 0.3 is 6.03 Å². The second-order valence-corrected chi connectivity index (χ2v) is 7.54. The second-order valence-electron chi connectivity index (χ2n) is 5.53. The van der Waals surface area contributed by atoms with Crippen LogP contribution in [0, 0.1) is 6.92 Å². The van der Waals surface area contributed by atoms with Crippen molar-refractivity contribution in [3.63, 3.8) is 0 Å². The molecule has 6 heteroatoms. The summed E-state index contributed by atoms with van der Waals surface area (Å²) in [5.41, 5.74) is 2.67. The van der Waals surface area contributed by atoms with Crippen LogP contribution < -0.4 is 10.6 Å². The number of aryl methyl sites for hydroxylation is 1. The number of urea groups is 1. The van der Waals surface area contributed by atoms with Gasteiger partial charge in [-0.15, -0.1) is 0 Å². The zero-order valence-corrected chi connectivity index (χ0v) is 14.1. The van der Waals surface area contributed by atoms with E-state index in [1.165, 1.54) is 6.26 Å². The summed E-state index contributed by atoms with van der Waals surface area (Å²) in [6, 6.07) is 13.4. The fourth-order valence-electron chi connectivity index (χ4n) is 2.09. The lowest BCUT2D eigenvalue weighted by atomic mass is 10.1. The van der Waals surface area contributed by atoms with Crippen LogP contribution in [0.3, 0.4) is 0 Å². The Kier molecular flexibility index (Phi) is 5.05. The molecular weight excluding hydrogens is 312 g/mol. The minimum atomic E-state index is -3.21. The molecule has 2 rings (SSSR count). The molecule has 2 aromatic rings. The molecule has 2 aromatic carbocycles. The lowest BCUT2D eigenvalue weighted by Gasteiger charge is -2.15. The second kappa shape index (κ2) is 6.83. The summed E-state index contributed by atoms with van der Waals surface area (Å²) in [6.07, 6.45) is 1.17. The molecule has 0 saturated carbocycles. The van der Waals surface area contributed by atoms with Crippen molar-refractivity contribution in [3.05, 3.63) is 59.7 Å². The molecule has 0 heterocycles. The van der Waals surface area contributed by atoms with Crippen molar-refractivity contribution in [1.29, 1.82) is 0 Å². The van der Waals surface area contributed by atoms with E-state index in [9.17, 15) is 13.2 Å². The molecule has 0 fully saturated rings. The first-order valence-corrected chi connectivity index (χ1v) is 9.09. The van der Waals surface area contributed by atoms with Crippen LogP contribution in [0.1, 0.15) is 24.1 Å². The highest BCUT2D eigenvalue weighted by Gasteiger charge is 2.12. The summed E-state index contributed by atoms with van der Waals surface area (Å²) in [7, 11) is -3.21. The van der Waals surface area contributed by atoms with Crippen LogP contribution in [0.4, 0.5) is 10.5 Å². The van der Waals surface area contributed by atoms with E-state index >= 15 is 0 Å². The first-order chi connectivity index (χ1) is 10.8. The van der Waals surface area contributed by atoms with Crippen LogP contribution in [0.2, 0.25) is 0 Å². The van der Waals surface area contributed by atoms with E-state index in [2.05, 4.69) is 10.6 Å². The Morgan fingerprint density at radius 1 is 1.00 bits per heavy atom. The first kappa shape index (κ1) is 17.0. The third-order valence-electron chi connectivity index (χ3n) is 3.47. The molecule has 122 valence electrons. The summed E-state index contributed by atoms with van der Waals surface area (Å²) in [5, 5.41) is 5.58. The van der Waals surface area contributed by atoms with Gasteiger partial charge in [0.15, 0.2) is 9.84 Å². The van der Waals surface area contributed by atoms with Gasteiger partial charge in [-0.25, -0.2) is 13.2 Å². The van der Waals surface area contributed by atoms with Crippen LogP contribution in [0.5, 0.6) is 0 Å². The molecule has 1 atom stereocenters. The maximum atomic E-state index is 12.0. The maximum Gasteiger partial charge on any atom is 0.319 e. The van der Waals surface area contributed by atoms with Gasteiger partial charge < -0.3 is 10.6 Å². The van der Waals surface area contributed by atoms with Gasteiger partial charge in [-0.2, -0.15) is 0 Å². The number of nitrogens with one attached hydrogen (secondary N) is 2. The average Bonchev–Trinajstić information content (AvgIpc) is 2.49. The third-order valence-corrected chi connectivity index (χ3v) is 4.59. The number of carbonyl (C=O) groups is 1. The van der Waals surface area contributed by atoms with Crippen LogP contribution in [-0.4, -0.2) is 20.7 Å². The van der Waals surface area contributed by atoms with Gasteiger partial charge in [0, 0.05) is 11.9 Å². The van der Waals surface area contributed by atoms with Crippen LogP contribution in [0.25, 0.3) is 0 Å². The molecule has 2 amide bonds. The molecule has 0 spiro atoms. The Morgan fingerprint density at radius 2 is 1.57 bits per heavy atom. The Bertz CT molecular complexity index is 782. The van der Waals surface area contributed by atoms with Crippen LogP contribution in [0.15, 0.2) is 53.4 Å². The van der Waals surface area contributed by atoms with Crippen molar-refractivity contribution >= 4 is 21.6 Å². The van der Waals surface area contributed by atoms with E-state index in [4.69, 9.17) is 0 Å². The van der Waals surface area contributed by atoms with Crippen molar-refractivity contribution in [2.45, 2.75) is 24.8 Å². The fourth-order valence-corrected chi connectivity index (χ4v) is 2.72. The van der Waals surface area contributed by atoms with Crippen molar-refractivity contribution in [1.82, 2.24) is 5.32 Å². The van der Waals surface area contributed by atoms with E-state index in [1.807, 2.05) is 38.1 Å². The van der Waals surface area contributed by atoms with E-state index < -0.39 is 9.84 Å². The molecule has 23 heavy (non-hydrogen) atoms. The molecule has 0 aliphatic rings. The largest absolute Gasteiger partial charge is 0.331 e. The highest BCUT2D eigenvalue weighted by atomic mass is 32.2. The summed E-state index contributed by atoms with van der Waals surface area (Å²) in [5.74, 6) is 0. The maximum absolute atomic E-state index is 12.0. The van der Waals surface area contributed by atoms with Gasteiger partial charge in [-0.3, -0.25) is 0 Å². The number of anilines is 1. The summed E-state index contributed by atoms with van der Waals surface area (Å²) in [4.78, 5) is 12.3. The topological polar surface area (TPSA) is 75.3 Å². The molecule has 0 aliphatic carbocycles. The van der Waals surface area contributed by atoms with Gasteiger partial charge in [0.2, 0.25) is 0 Å². The number of carbonyl (C=O) groups excluding carboxylic acids is 1. The van der Waals surface area contributed by atoms with E-state index in [-0.39, 0.29) is 17.0 Å². The molecule has 0 bridgehead atoms. The number of benzene rings is 2. The monoisotopic (exact) mass is 332 g/mol. The molecule has 0 radical (unpaired) electrons. The normalized spacial score (nSPS) is 12.5. The number of amides is 2. The predicted octanol–water partition coefficient (Wildman–Crippen LogP) is 3.28. The summed E-state index contributed by atoms with van der Waals surface area (Å²) in [6.45, 7) is 3.82. The quantitative estimate of drug-likeness (QED) is 0.902. The minimum absolute atomic E-state index is 0.242. The van der Waals surface area contributed by atoms with E-state index in [1.54, 1.807) is 24.3 Å². The van der Waals surface area contributed by atoms with E-state index in [0.29, 0.717) is 5.69 Å². The molecule has 2 N–H and O–H groups in total. The third kappa shape index (κ3) is 4.82. The smallest absolute Gasteiger partial charge is 0.319 e. The van der Waals surface area contributed by atoms with Crippen LogP contribution in [-0.2, 0) is 9.84 Å². The number of hydrogen-bond donors (Lipinski definition) is 2. The van der Waals surface area contributed by atoms with Gasteiger partial charge in [0.25, 0.3) is 0 Å². The van der Waals surface area contributed by atoms with Crippen molar-refractivity contribution < 1.29 is 13.2 Å². The van der Waals surface area contributed by atoms with Gasteiger partial charge in [-0.1, -0.05) is 29.8 Å². The summed E-state index contributed by atoms with van der Waals surface area (Å²) < 4.78 is 22.9. The summed E-state index contributed by atoms with van der Waals surface area (Å²) >= 11 is 0. The highest BCUT2D eigenvalue weighted by molar-refractivity contribution is 7.90. The number of hydrogen-bond acceptors (Lipinski definition) is 3. The van der Waals surface area contributed by atoms with Crippen molar-refractivity contribution in [2.24, 2.45) is 0 Å². The predicted molar refractivity (Wildman–Crippen MR) is 91.3 cm³/mol. The number of sulfone groups is 1. The lowest BCUT2D eigenvalue weighted by Crippen LogP contribution is -2.31. The molecule has 5 nitrogen and oxygen atoms in total. The van der Waals surface area contributed by atoms with E-state index in [0.717, 1.165) is 11.1 Å². The lowest BCUT2D eigenvalue weighted by molar-refractivity contribution is 0.249. The zero-order chi connectivity index (χ0) is 17.0. The average molecular weight is 332 g/mol. The van der Waals surface area contributed by atoms with Gasteiger partial charge in [0.1, 0.15) is 0 Å². The minimum Gasteiger partial charge on any atom is -0.331 e. The molecule has 0 aromatic heterocycles. The van der Waals surface area contributed by atoms with Crippen molar-refractivity contribution in [2.75, 3.05) is 11.6 Å². The number of rotatable bonds is 4. The van der Waals surface area contributed by atoms with Gasteiger partial charge in [-0.05, 0) is 43.7 Å². The van der Waals surface area contributed by atoms with Crippen LogP contribution >= 0.6 is 0 Å².